The molecule has 2 amide bonds. The fraction of sp³-hybridized carbons (Fsp3) is 0.227. The fourth-order valence-electron chi connectivity index (χ4n) is 3.48. The van der Waals surface area contributed by atoms with E-state index in [1.54, 1.807) is 44.9 Å². The number of hydrogen-bond donors (Lipinski definition) is 0. The lowest BCUT2D eigenvalue weighted by Crippen LogP contribution is -2.35. The molecule has 0 spiro atoms. The molecule has 0 bridgehead atoms. The maximum atomic E-state index is 13.4. The van der Waals surface area contributed by atoms with Gasteiger partial charge in [-0.2, -0.15) is 5.10 Å². The van der Waals surface area contributed by atoms with E-state index in [4.69, 9.17) is 0 Å². The van der Waals surface area contributed by atoms with E-state index in [1.807, 2.05) is 24.4 Å². The molecular weight excluding hydrogens is 371 g/mol. The highest BCUT2D eigenvalue weighted by molar-refractivity contribution is 5.95. The molecular formula is C22H21FN4O2. The van der Waals surface area contributed by atoms with E-state index >= 15 is 0 Å². The molecule has 1 fully saturated rings. The highest BCUT2D eigenvalue weighted by Gasteiger charge is 2.25. The van der Waals surface area contributed by atoms with Gasteiger partial charge in [0.25, 0.3) is 5.91 Å². The van der Waals surface area contributed by atoms with Gasteiger partial charge in [-0.15, -0.1) is 0 Å². The molecule has 0 atom stereocenters. The number of nitrogens with zero attached hydrogens (tertiary/aromatic N) is 4. The van der Waals surface area contributed by atoms with Crippen LogP contribution in [0.15, 0.2) is 67.0 Å². The summed E-state index contributed by atoms with van der Waals surface area (Å²) in [7, 11) is 0. The number of halogens is 1. The Bertz CT molecular complexity index is 1020. The minimum atomic E-state index is -0.321. The molecule has 0 saturated carbocycles. The predicted octanol–water partition coefficient (Wildman–Crippen LogP) is 2.89. The van der Waals surface area contributed by atoms with Crippen LogP contribution in [-0.4, -0.2) is 51.0 Å². The SMILES string of the molecule is O=C1CCN(C(=O)c2cccc(-n3cccn3)c2)CCN1Cc1cccc(F)c1. The first-order valence-electron chi connectivity index (χ1n) is 9.52. The zero-order valence-corrected chi connectivity index (χ0v) is 15.9. The van der Waals surface area contributed by atoms with Crippen LogP contribution in [0.1, 0.15) is 22.3 Å². The number of benzene rings is 2. The van der Waals surface area contributed by atoms with Gasteiger partial charge in [-0.3, -0.25) is 9.59 Å². The van der Waals surface area contributed by atoms with Crippen LogP contribution in [-0.2, 0) is 11.3 Å². The summed E-state index contributed by atoms with van der Waals surface area (Å²) in [5, 5.41) is 4.19. The molecule has 0 unspecified atom stereocenters. The number of amides is 2. The standard InChI is InChI=1S/C22H21FN4O2/c23-19-6-1-4-17(14-19)16-26-13-12-25(11-8-21(26)28)22(29)18-5-2-7-20(15-18)27-10-3-9-24-27/h1-7,9-10,14-15H,8,11-13,16H2. The Labute approximate surface area is 168 Å². The van der Waals surface area contributed by atoms with Gasteiger partial charge in [0.1, 0.15) is 5.82 Å². The minimum Gasteiger partial charge on any atom is -0.337 e. The molecule has 7 heteroatoms. The molecule has 4 rings (SSSR count). The Morgan fingerprint density at radius 1 is 1.03 bits per heavy atom. The van der Waals surface area contributed by atoms with Crippen LogP contribution in [0.5, 0.6) is 0 Å². The van der Waals surface area contributed by atoms with Crippen LogP contribution in [0.2, 0.25) is 0 Å². The molecule has 6 nitrogen and oxygen atoms in total. The molecule has 1 aromatic heterocycles. The van der Waals surface area contributed by atoms with Crippen LogP contribution in [0.3, 0.4) is 0 Å². The molecule has 0 radical (unpaired) electrons. The van der Waals surface area contributed by atoms with Crippen LogP contribution < -0.4 is 0 Å². The lowest BCUT2D eigenvalue weighted by molar-refractivity contribution is -0.130. The van der Waals surface area contributed by atoms with Crippen molar-refractivity contribution in [3.8, 4) is 5.69 Å². The Balaban J connectivity index is 1.46. The number of rotatable bonds is 4. The third-order valence-electron chi connectivity index (χ3n) is 5.00. The summed E-state index contributed by atoms with van der Waals surface area (Å²) >= 11 is 0. The Morgan fingerprint density at radius 3 is 2.69 bits per heavy atom. The quantitative estimate of drug-likeness (QED) is 0.686. The maximum Gasteiger partial charge on any atom is 0.254 e. The van der Waals surface area contributed by atoms with Crippen LogP contribution in [0.25, 0.3) is 5.69 Å². The average molecular weight is 392 g/mol. The molecule has 3 aromatic rings. The third-order valence-corrected chi connectivity index (χ3v) is 5.00. The average Bonchev–Trinajstić information content (AvgIpc) is 3.21. The van der Waals surface area contributed by atoms with Crippen molar-refractivity contribution in [2.75, 3.05) is 19.6 Å². The summed E-state index contributed by atoms with van der Waals surface area (Å²) in [5.41, 5.74) is 2.11. The fourth-order valence-corrected chi connectivity index (χ4v) is 3.48. The van der Waals surface area contributed by atoms with E-state index in [-0.39, 0.29) is 24.1 Å². The van der Waals surface area contributed by atoms with Crippen molar-refractivity contribution in [2.24, 2.45) is 0 Å². The van der Waals surface area contributed by atoms with Gasteiger partial charge in [-0.05, 0) is 42.0 Å². The van der Waals surface area contributed by atoms with Crippen molar-refractivity contribution in [3.05, 3.63) is 83.9 Å². The molecule has 0 N–H and O–H groups in total. The Kier molecular flexibility index (Phi) is 5.37. The monoisotopic (exact) mass is 392 g/mol. The number of aromatic nitrogens is 2. The van der Waals surface area contributed by atoms with E-state index in [9.17, 15) is 14.0 Å². The van der Waals surface area contributed by atoms with Gasteiger partial charge >= 0.3 is 0 Å². The lowest BCUT2D eigenvalue weighted by Gasteiger charge is -2.22. The first kappa shape index (κ1) is 18.9. The van der Waals surface area contributed by atoms with Crippen molar-refractivity contribution < 1.29 is 14.0 Å². The van der Waals surface area contributed by atoms with Crippen molar-refractivity contribution in [1.82, 2.24) is 19.6 Å². The topological polar surface area (TPSA) is 58.4 Å². The van der Waals surface area contributed by atoms with E-state index in [0.717, 1.165) is 11.3 Å². The van der Waals surface area contributed by atoms with Gasteiger partial charge in [-0.1, -0.05) is 18.2 Å². The first-order chi connectivity index (χ1) is 14.1. The van der Waals surface area contributed by atoms with Crippen molar-refractivity contribution in [2.45, 2.75) is 13.0 Å². The van der Waals surface area contributed by atoms with Crippen LogP contribution >= 0.6 is 0 Å². The van der Waals surface area contributed by atoms with Gasteiger partial charge in [0.15, 0.2) is 0 Å². The summed E-state index contributed by atoms with van der Waals surface area (Å²) < 4.78 is 15.1. The second-order valence-electron chi connectivity index (χ2n) is 6.99. The second kappa shape index (κ2) is 8.26. The first-order valence-corrected chi connectivity index (χ1v) is 9.52. The number of hydrogen-bond acceptors (Lipinski definition) is 3. The van der Waals surface area contributed by atoms with E-state index < -0.39 is 0 Å². The van der Waals surface area contributed by atoms with Crippen molar-refractivity contribution in [1.29, 1.82) is 0 Å². The molecule has 2 aromatic carbocycles. The predicted molar refractivity (Wildman–Crippen MR) is 106 cm³/mol. The molecule has 1 aliphatic heterocycles. The second-order valence-corrected chi connectivity index (χ2v) is 6.99. The van der Waals surface area contributed by atoms with Gasteiger partial charge in [0, 0.05) is 50.6 Å². The highest BCUT2D eigenvalue weighted by Crippen LogP contribution is 2.16. The maximum absolute atomic E-state index is 13.4. The summed E-state index contributed by atoms with van der Waals surface area (Å²) in [6.07, 6.45) is 3.75. The van der Waals surface area contributed by atoms with Crippen LogP contribution in [0, 0.1) is 5.82 Å². The summed E-state index contributed by atoms with van der Waals surface area (Å²) in [6, 6.07) is 15.3. The van der Waals surface area contributed by atoms with Gasteiger partial charge in [0.2, 0.25) is 5.91 Å². The van der Waals surface area contributed by atoms with E-state index in [0.29, 0.717) is 31.7 Å². The molecule has 148 valence electrons. The molecule has 29 heavy (non-hydrogen) atoms. The van der Waals surface area contributed by atoms with E-state index in [1.165, 1.54) is 12.1 Å². The molecule has 2 heterocycles. The van der Waals surface area contributed by atoms with Crippen molar-refractivity contribution in [3.63, 3.8) is 0 Å². The summed E-state index contributed by atoms with van der Waals surface area (Å²) in [5.74, 6) is -0.465. The Hall–Kier alpha value is -3.48. The van der Waals surface area contributed by atoms with Crippen molar-refractivity contribution >= 4 is 11.8 Å². The summed E-state index contributed by atoms with van der Waals surface area (Å²) in [4.78, 5) is 28.9. The minimum absolute atomic E-state index is 0.0325. The number of carbonyl (C=O) groups is 2. The normalized spacial score (nSPS) is 14.7. The largest absolute Gasteiger partial charge is 0.337 e. The molecule has 0 aliphatic carbocycles. The Morgan fingerprint density at radius 2 is 1.90 bits per heavy atom. The van der Waals surface area contributed by atoms with Gasteiger partial charge < -0.3 is 9.80 Å². The molecule has 1 aliphatic rings. The lowest BCUT2D eigenvalue weighted by atomic mass is 10.1. The third kappa shape index (κ3) is 4.34. The zero-order valence-electron chi connectivity index (χ0n) is 15.9. The van der Waals surface area contributed by atoms with Crippen LogP contribution in [0.4, 0.5) is 4.39 Å². The zero-order chi connectivity index (χ0) is 20.2. The highest BCUT2D eigenvalue weighted by atomic mass is 19.1. The van der Waals surface area contributed by atoms with E-state index in [2.05, 4.69) is 5.10 Å². The molecule has 1 saturated heterocycles. The van der Waals surface area contributed by atoms with Gasteiger partial charge in [-0.25, -0.2) is 9.07 Å². The smallest absolute Gasteiger partial charge is 0.254 e. The van der Waals surface area contributed by atoms with Gasteiger partial charge in [0.05, 0.1) is 5.69 Å². The summed E-state index contributed by atoms with van der Waals surface area (Å²) in [6.45, 7) is 1.56. The number of carbonyl (C=O) groups excluding carboxylic acids is 2.